The number of likely N-dealkylation sites (tertiary alicyclic amines) is 1. The maximum absolute atomic E-state index is 10.6. The van der Waals surface area contributed by atoms with E-state index in [1.54, 1.807) is 6.20 Å². The van der Waals surface area contributed by atoms with E-state index in [2.05, 4.69) is 35.6 Å². The second-order valence-electron chi connectivity index (χ2n) is 5.25. The van der Waals surface area contributed by atoms with Crippen molar-refractivity contribution in [2.75, 3.05) is 13.1 Å². The highest BCUT2D eigenvalue weighted by Crippen LogP contribution is 2.34. The fourth-order valence-electron chi connectivity index (χ4n) is 2.59. The molecule has 16 heavy (non-hydrogen) atoms. The van der Waals surface area contributed by atoms with Crippen LogP contribution in [-0.2, 0) is 6.54 Å². The SMILES string of the molecule is CC(C)[C@@]1(O)CN(Cc2ncc[nH]2)C[C@@H]1C. The summed E-state index contributed by atoms with van der Waals surface area (Å²) in [5.41, 5.74) is -0.549. The van der Waals surface area contributed by atoms with Gasteiger partial charge in [0.05, 0.1) is 12.1 Å². The summed E-state index contributed by atoms with van der Waals surface area (Å²) in [6.07, 6.45) is 3.60. The van der Waals surface area contributed by atoms with Gasteiger partial charge in [0.15, 0.2) is 0 Å². The van der Waals surface area contributed by atoms with Crippen LogP contribution in [0.1, 0.15) is 26.6 Å². The number of H-pyrrole nitrogens is 1. The molecule has 0 amide bonds. The molecule has 0 aromatic carbocycles. The predicted octanol–water partition coefficient (Wildman–Crippen LogP) is 1.25. The molecule has 0 spiro atoms. The molecule has 0 unspecified atom stereocenters. The molecule has 0 radical (unpaired) electrons. The lowest BCUT2D eigenvalue weighted by molar-refractivity contribution is -0.0256. The van der Waals surface area contributed by atoms with Crippen LogP contribution in [0.15, 0.2) is 12.4 Å². The number of nitrogens with one attached hydrogen (secondary N) is 1. The number of β-amino-alcohol motifs (C(OH)–C–C–N with tert-alkyl or cyclic N) is 1. The molecule has 2 N–H and O–H groups in total. The van der Waals surface area contributed by atoms with Gasteiger partial charge in [0.25, 0.3) is 0 Å². The zero-order valence-corrected chi connectivity index (χ0v) is 10.3. The fourth-order valence-corrected chi connectivity index (χ4v) is 2.59. The van der Waals surface area contributed by atoms with Gasteiger partial charge in [0.2, 0.25) is 0 Å². The molecule has 1 aromatic heterocycles. The molecule has 0 bridgehead atoms. The standard InChI is InChI=1S/C12H21N3O/c1-9(2)12(16)8-15(6-10(12)3)7-11-13-4-5-14-11/h4-5,9-10,16H,6-8H2,1-3H3,(H,13,14)/t10-,12-/m0/s1. The van der Waals surface area contributed by atoms with Gasteiger partial charge in [-0.15, -0.1) is 0 Å². The first-order chi connectivity index (χ1) is 7.52. The number of aromatic nitrogens is 2. The van der Waals surface area contributed by atoms with E-state index in [9.17, 15) is 5.11 Å². The number of rotatable bonds is 3. The minimum atomic E-state index is -0.549. The maximum Gasteiger partial charge on any atom is 0.120 e. The van der Waals surface area contributed by atoms with Crippen LogP contribution in [0.2, 0.25) is 0 Å². The molecule has 4 heteroatoms. The van der Waals surface area contributed by atoms with Crippen molar-refractivity contribution in [1.82, 2.24) is 14.9 Å². The monoisotopic (exact) mass is 223 g/mol. The Morgan fingerprint density at radius 1 is 1.69 bits per heavy atom. The lowest BCUT2D eigenvalue weighted by Gasteiger charge is -2.31. The van der Waals surface area contributed by atoms with Gasteiger partial charge in [0, 0.05) is 25.5 Å². The zero-order valence-electron chi connectivity index (χ0n) is 10.3. The highest BCUT2D eigenvalue weighted by molar-refractivity contribution is 4.99. The summed E-state index contributed by atoms with van der Waals surface area (Å²) >= 11 is 0. The van der Waals surface area contributed by atoms with Crippen LogP contribution >= 0.6 is 0 Å². The lowest BCUT2D eigenvalue weighted by Crippen LogP contribution is -2.42. The lowest BCUT2D eigenvalue weighted by atomic mass is 9.82. The number of nitrogens with zero attached hydrogens (tertiary/aromatic N) is 2. The molecule has 1 saturated heterocycles. The first-order valence-corrected chi connectivity index (χ1v) is 5.95. The van der Waals surface area contributed by atoms with Crippen molar-refractivity contribution in [3.05, 3.63) is 18.2 Å². The zero-order chi connectivity index (χ0) is 11.8. The summed E-state index contributed by atoms with van der Waals surface area (Å²) in [6.45, 7) is 8.79. The van der Waals surface area contributed by atoms with E-state index in [-0.39, 0.29) is 0 Å². The van der Waals surface area contributed by atoms with E-state index >= 15 is 0 Å². The van der Waals surface area contributed by atoms with Gasteiger partial charge >= 0.3 is 0 Å². The molecule has 1 aliphatic heterocycles. The topological polar surface area (TPSA) is 52.1 Å². The van der Waals surface area contributed by atoms with E-state index in [0.29, 0.717) is 11.8 Å². The summed E-state index contributed by atoms with van der Waals surface area (Å²) < 4.78 is 0. The second-order valence-corrected chi connectivity index (χ2v) is 5.25. The smallest absolute Gasteiger partial charge is 0.120 e. The minimum Gasteiger partial charge on any atom is -0.388 e. The van der Waals surface area contributed by atoms with Crippen LogP contribution in [0, 0.1) is 11.8 Å². The summed E-state index contributed by atoms with van der Waals surface area (Å²) in [4.78, 5) is 9.59. The molecular weight excluding hydrogens is 202 g/mol. The van der Waals surface area contributed by atoms with Crippen LogP contribution in [0.25, 0.3) is 0 Å². The summed E-state index contributed by atoms with van der Waals surface area (Å²) in [6, 6.07) is 0. The largest absolute Gasteiger partial charge is 0.388 e. The molecule has 0 saturated carbocycles. The third-order valence-corrected chi connectivity index (χ3v) is 3.79. The second kappa shape index (κ2) is 4.18. The molecule has 1 aliphatic rings. The van der Waals surface area contributed by atoms with Crippen molar-refractivity contribution in [3.63, 3.8) is 0 Å². The number of aliphatic hydroxyl groups is 1. The Morgan fingerprint density at radius 3 is 2.94 bits per heavy atom. The summed E-state index contributed by atoms with van der Waals surface area (Å²) in [5, 5.41) is 10.6. The van der Waals surface area contributed by atoms with Crippen molar-refractivity contribution >= 4 is 0 Å². The Labute approximate surface area is 96.7 Å². The number of hydrogen-bond acceptors (Lipinski definition) is 3. The minimum absolute atomic E-state index is 0.295. The molecule has 1 fully saturated rings. The van der Waals surface area contributed by atoms with Gasteiger partial charge in [0.1, 0.15) is 5.82 Å². The quantitative estimate of drug-likeness (QED) is 0.811. The van der Waals surface area contributed by atoms with E-state index in [1.807, 2.05) is 6.20 Å². The molecule has 1 aromatic rings. The van der Waals surface area contributed by atoms with Crippen LogP contribution in [-0.4, -0.2) is 38.7 Å². The Kier molecular flexibility index (Phi) is 3.04. The molecule has 2 heterocycles. The molecular formula is C12H21N3O. The van der Waals surface area contributed by atoms with Crippen molar-refractivity contribution in [3.8, 4) is 0 Å². The van der Waals surface area contributed by atoms with Gasteiger partial charge in [-0.25, -0.2) is 4.98 Å². The fraction of sp³-hybridized carbons (Fsp3) is 0.750. The number of hydrogen-bond donors (Lipinski definition) is 2. The van der Waals surface area contributed by atoms with Gasteiger partial charge in [-0.3, -0.25) is 4.90 Å². The Morgan fingerprint density at radius 2 is 2.44 bits per heavy atom. The molecule has 90 valence electrons. The molecule has 2 rings (SSSR count). The third-order valence-electron chi connectivity index (χ3n) is 3.79. The van der Waals surface area contributed by atoms with E-state index in [4.69, 9.17) is 0 Å². The van der Waals surface area contributed by atoms with Gasteiger partial charge in [-0.2, -0.15) is 0 Å². The van der Waals surface area contributed by atoms with E-state index < -0.39 is 5.60 Å². The van der Waals surface area contributed by atoms with Gasteiger partial charge in [-0.05, 0) is 11.8 Å². The number of imidazole rings is 1. The summed E-state index contributed by atoms with van der Waals surface area (Å²) in [5.74, 6) is 1.59. The average Bonchev–Trinajstić information content (AvgIpc) is 2.77. The molecule has 2 atom stereocenters. The predicted molar refractivity (Wildman–Crippen MR) is 62.8 cm³/mol. The van der Waals surface area contributed by atoms with Crippen molar-refractivity contribution < 1.29 is 5.11 Å². The van der Waals surface area contributed by atoms with Crippen LogP contribution in [0.4, 0.5) is 0 Å². The normalized spacial score (nSPS) is 31.4. The van der Waals surface area contributed by atoms with Gasteiger partial charge < -0.3 is 10.1 Å². The van der Waals surface area contributed by atoms with Crippen molar-refractivity contribution in [2.24, 2.45) is 11.8 Å². The van der Waals surface area contributed by atoms with E-state index in [0.717, 1.165) is 25.5 Å². The van der Waals surface area contributed by atoms with E-state index in [1.165, 1.54) is 0 Å². The number of aromatic amines is 1. The van der Waals surface area contributed by atoms with Crippen molar-refractivity contribution in [2.45, 2.75) is 32.9 Å². The average molecular weight is 223 g/mol. The maximum atomic E-state index is 10.6. The van der Waals surface area contributed by atoms with Crippen LogP contribution in [0.3, 0.4) is 0 Å². The Hall–Kier alpha value is -0.870. The van der Waals surface area contributed by atoms with Gasteiger partial charge in [-0.1, -0.05) is 20.8 Å². The van der Waals surface area contributed by atoms with Crippen molar-refractivity contribution in [1.29, 1.82) is 0 Å². The van der Waals surface area contributed by atoms with Crippen LogP contribution < -0.4 is 0 Å². The highest BCUT2D eigenvalue weighted by Gasteiger charge is 2.44. The first-order valence-electron chi connectivity index (χ1n) is 5.95. The molecule has 0 aliphatic carbocycles. The Bertz CT molecular complexity index is 336. The highest BCUT2D eigenvalue weighted by atomic mass is 16.3. The third kappa shape index (κ3) is 1.99. The Balaban J connectivity index is 2.01. The first kappa shape index (κ1) is 11.6. The summed E-state index contributed by atoms with van der Waals surface area (Å²) in [7, 11) is 0. The van der Waals surface area contributed by atoms with Crippen LogP contribution in [0.5, 0.6) is 0 Å². The molecule has 4 nitrogen and oxygen atoms in total.